The number of Topliss-reactive ketones (excluding diaryl/α,β-unsaturated/α-hetero) is 1. The molecule has 2 aromatic heterocycles. The predicted octanol–water partition coefficient (Wildman–Crippen LogP) is 5.04. The third-order valence-electron chi connectivity index (χ3n) is 6.78. The summed E-state index contributed by atoms with van der Waals surface area (Å²) in [5.74, 6) is 0.990. The van der Waals surface area contributed by atoms with E-state index in [1.54, 1.807) is 6.20 Å². The van der Waals surface area contributed by atoms with Crippen LogP contribution in [-0.2, 0) is 11.2 Å². The molecule has 3 rings (SSSR count). The van der Waals surface area contributed by atoms with Crippen LogP contribution in [0.1, 0.15) is 77.6 Å². The van der Waals surface area contributed by atoms with Gasteiger partial charge in [0.1, 0.15) is 11.7 Å². The first-order valence-corrected chi connectivity index (χ1v) is 13.1. The Morgan fingerprint density at radius 1 is 1.14 bits per heavy atom. The lowest BCUT2D eigenvalue weighted by molar-refractivity contribution is -0.125. The Kier molecular flexibility index (Phi) is 9.54. The van der Waals surface area contributed by atoms with E-state index in [2.05, 4.69) is 29.8 Å². The van der Waals surface area contributed by atoms with Crippen LogP contribution in [0.2, 0.25) is 0 Å². The molecule has 0 saturated carbocycles. The van der Waals surface area contributed by atoms with E-state index in [1.807, 2.05) is 39.0 Å². The molecular weight excluding hydrogens is 454 g/mol. The smallest absolute Gasteiger partial charge is 0.407 e. The maximum atomic E-state index is 13.1. The van der Waals surface area contributed by atoms with Crippen LogP contribution in [0.4, 0.5) is 4.79 Å². The van der Waals surface area contributed by atoms with Gasteiger partial charge in [0.2, 0.25) is 0 Å². The fraction of sp³-hybridized carbons (Fsp3) is 0.607. The SMILES string of the molecule is CCC(CC)c1cc(CCN2CCCN(C(=O)O)C(C(=O)CC(C)(C)C)C2)nc(-c2ccccn2)n1. The standard InChI is InChI=1S/C28H41N5O3/c1-6-20(7-2)23-17-21(30-26(31-23)22-11-8-9-13-29-22)12-16-32-14-10-15-33(27(35)36)24(19-32)25(34)18-28(3,4)5/h8-9,11,13,17,20,24H,6-7,10,12,14-16,18-19H2,1-5H3,(H,35,36). The third kappa shape index (κ3) is 7.56. The molecule has 1 N–H and O–H groups in total. The van der Waals surface area contributed by atoms with Crippen LogP contribution >= 0.6 is 0 Å². The normalized spacial score (nSPS) is 17.3. The van der Waals surface area contributed by atoms with Crippen molar-refractivity contribution in [2.75, 3.05) is 26.2 Å². The van der Waals surface area contributed by atoms with Crippen molar-refractivity contribution >= 4 is 11.9 Å². The highest BCUT2D eigenvalue weighted by molar-refractivity contribution is 5.87. The summed E-state index contributed by atoms with van der Waals surface area (Å²) < 4.78 is 0. The summed E-state index contributed by atoms with van der Waals surface area (Å²) >= 11 is 0. The highest BCUT2D eigenvalue weighted by atomic mass is 16.4. The zero-order valence-electron chi connectivity index (χ0n) is 22.4. The van der Waals surface area contributed by atoms with E-state index in [0.717, 1.165) is 36.5 Å². The van der Waals surface area contributed by atoms with Crippen molar-refractivity contribution in [3.8, 4) is 11.5 Å². The Hall–Kier alpha value is -2.87. The number of hydrogen-bond acceptors (Lipinski definition) is 6. The van der Waals surface area contributed by atoms with Crippen molar-refractivity contribution in [3.63, 3.8) is 0 Å². The van der Waals surface area contributed by atoms with Crippen LogP contribution in [0.25, 0.3) is 11.5 Å². The number of carbonyl (C=O) groups excluding carboxylic acids is 1. The van der Waals surface area contributed by atoms with Crippen molar-refractivity contribution in [3.05, 3.63) is 41.9 Å². The largest absolute Gasteiger partial charge is 0.465 e. The minimum absolute atomic E-state index is 0.00714. The molecule has 1 aliphatic rings. The molecule has 8 nitrogen and oxygen atoms in total. The van der Waals surface area contributed by atoms with Gasteiger partial charge in [0.15, 0.2) is 11.6 Å². The fourth-order valence-corrected chi connectivity index (χ4v) is 4.85. The third-order valence-corrected chi connectivity index (χ3v) is 6.78. The summed E-state index contributed by atoms with van der Waals surface area (Å²) in [7, 11) is 0. The average molecular weight is 496 g/mol. The molecule has 1 fully saturated rings. The first kappa shape index (κ1) is 27.7. The minimum Gasteiger partial charge on any atom is -0.465 e. The molecule has 0 bridgehead atoms. The summed E-state index contributed by atoms with van der Waals surface area (Å²) in [5, 5.41) is 9.78. The Labute approximate surface area is 215 Å². The Bertz CT molecular complexity index is 1020. The van der Waals surface area contributed by atoms with Crippen molar-refractivity contribution < 1.29 is 14.7 Å². The molecule has 1 unspecified atom stereocenters. The Balaban J connectivity index is 1.81. The molecule has 1 saturated heterocycles. The number of hydrogen-bond donors (Lipinski definition) is 1. The maximum Gasteiger partial charge on any atom is 0.407 e. The second-order valence-corrected chi connectivity index (χ2v) is 10.9. The summed E-state index contributed by atoms with van der Waals surface area (Å²) in [4.78, 5) is 42.8. The molecule has 36 heavy (non-hydrogen) atoms. The number of aromatic nitrogens is 3. The number of carboxylic acid groups (broad SMARTS) is 1. The van der Waals surface area contributed by atoms with E-state index in [1.165, 1.54) is 4.90 Å². The Morgan fingerprint density at radius 3 is 2.50 bits per heavy atom. The van der Waals surface area contributed by atoms with E-state index >= 15 is 0 Å². The van der Waals surface area contributed by atoms with Gasteiger partial charge in [0.05, 0.1) is 0 Å². The van der Waals surface area contributed by atoms with Crippen LogP contribution in [0.15, 0.2) is 30.5 Å². The van der Waals surface area contributed by atoms with Gasteiger partial charge in [-0.2, -0.15) is 0 Å². The zero-order valence-corrected chi connectivity index (χ0v) is 22.4. The first-order chi connectivity index (χ1) is 17.1. The van der Waals surface area contributed by atoms with E-state index in [4.69, 9.17) is 9.97 Å². The van der Waals surface area contributed by atoms with Crippen molar-refractivity contribution in [1.29, 1.82) is 0 Å². The number of nitrogens with zero attached hydrogens (tertiary/aromatic N) is 5. The zero-order chi connectivity index (χ0) is 26.3. The minimum atomic E-state index is -1.02. The number of carbonyl (C=O) groups is 2. The molecule has 196 valence electrons. The molecule has 0 radical (unpaired) electrons. The number of pyridine rings is 1. The molecule has 0 aromatic carbocycles. The molecule has 2 aromatic rings. The highest BCUT2D eigenvalue weighted by Gasteiger charge is 2.35. The Morgan fingerprint density at radius 2 is 1.89 bits per heavy atom. The second kappa shape index (κ2) is 12.4. The van der Waals surface area contributed by atoms with Gasteiger partial charge >= 0.3 is 6.09 Å². The number of ketones is 1. The number of rotatable bonds is 9. The van der Waals surface area contributed by atoms with E-state index in [0.29, 0.717) is 50.6 Å². The van der Waals surface area contributed by atoms with Crippen LogP contribution in [-0.4, -0.2) is 74.0 Å². The summed E-state index contributed by atoms with van der Waals surface area (Å²) in [5.41, 5.74) is 2.56. The van der Waals surface area contributed by atoms with Gasteiger partial charge in [-0.25, -0.2) is 14.8 Å². The topological polar surface area (TPSA) is 99.5 Å². The highest BCUT2D eigenvalue weighted by Crippen LogP contribution is 2.25. The van der Waals surface area contributed by atoms with Gasteiger partial charge in [-0.15, -0.1) is 0 Å². The van der Waals surface area contributed by atoms with Gasteiger partial charge in [-0.1, -0.05) is 40.7 Å². The summed E-state index contributed by atoms with van der Waals surface area (Å²) in [6, 6.07) is 7.21. The van der Waals surface area contributed by atoms with E-state index in [9.17, 15) is 14.7 Å². The molecule has 1 atom stereocenters. The van der Waals surface area contributed by atoms with Crippen molar-refractivity contribution in [2.45, 2.75) is 78.7 Å². The molecule has 8 heteroatoms. The lowest BCUT2D eigenvalue weighted by Gasteiger charge is -2.30. The quantitative estimate of drug-likeness (QED) is 0.520. The molecule has 1 amide bonds. The van der Waals surface area contributed by atoms with Gasteiger partial charge < -0.3 is 10.0 Å². The molecular formula is C28H41N5O3. The summed E-state index contributed by atoms with van der Waals surface area (Å²) in [6.45, 7) is 12.6. The van der Waals surface area contributed by atoms with Gasteiger partial charge in [-0.05, 0) is 49.4 Å². The number of amides is 1. The molecule has 3 heterocycles. The average Bonchev–Trinajstić information content (AvgIpc) is 3.06. The van der Waals surface area contributed by atoms with Crippen LogP contribution in [0, 0.1) is 5.41 Å². The van der Waals surface area contributed by atoms with Gasteiger partial charge in [0, 0.05) is 56.0 Å². The molecule has 0 aliphatic carbocycles. The van der Waals surface area contributed by atoms with E-state index < -0.39 is 12.1 Å². The van der Waals surface area contributed by atoms with Crippen molar-refractivity contribution in [1.82, 2.24) is 24.8 Å². The van der Waals surface area contributed by atoms with Gasteiger partial charge in [0.25, 0.3) is 0 Å². The lowest BCUT2D eigenvalue weighted by Crippen LogP contribution is -2.49. The monoisotopic (exact) mass is 495 g/mol. The molecule has 1 aliphatic heterocycles. The van der Waals surface area contributed by atoms with Gasteiger partial charge in [-0.3, -0.25) is 14.7 Å². The lowest BCUT2D eigenvalue weighted by atomic mass is 9.87. The summed E-state index contributed by atoms with van der Waals surface area (Å²) in [6.07, 6.45) is 4.49. The molecule has 0 spiro atoms. The first-order valence-electron chi connectivity index (χ1n) is 13.1. The van der Waals surface area contributed by atoms with Crippen LogP contribution < -0.4 is 0 Å². The van der Waals surface area contributed by atoms with Crippen molar-refractivity contribution in [2.24, 2.45) is 5.41 Å². The van der Waals surface area contributed by atoms with Crippen LogP contribution in [0.5, 0.6) is 0 Å². The van der Waals surface area contributed by atoms with Crippen LogP contribution in [0.3, 0.4) is 0 Å². The second-order valence-electron chi connectivity index (χ2n) is 10.9. The predicted molar refractivity (Wildman–Crippen MR) is 141 cm³/mol. The van der Waals surface area contributed by atoms with E-state index in [-0.39, 0.29) is 11.2 Å². The fourth-order valence-electron chi connectivity index (χ4n) is 4.85. The maximum absolute atomic E-state index is 13.1.